The number of esters is 1. The van der Waals surface area contributed by atoms with Crippen LogP contribution in [-0.4, -0.2) is 31.1 Å². The number of likely N-dealkylation sites (N-methyl/N-ethyl adjacent to an activating group) is 2. The van der Waals surface area contributed by atoms with E-state index >= 15 is 0 Å². The zero-order chi connectivity index (χ0) is 13.4. The van der Waals surface area contributed by atoms with E-state index < -0.39 is 0 Å². The Morgan fingerprint density at radius 1 is 1.33 bits per heavy atom. The van der Waals surface area contributed by atoms with E-state index in [1.165, 1.54) is 0 Å². The molecule has 1 rings (SSSR count). The molecule has 0 saturated carbocycles. The molecule has 4 nitrogen and oxygen atoms in total. The first-order valence-corrected chi connectivity index (χ1v) is 6.16. The number of carbonyl (C=O) groups excluding carboxylic acids is 1. The standard InChI is InChI=1S/C13H18N2O2S/c1-14-11(13(18)15-2)8-12(16)17-9-10-6-4-3-5-7-10/h3-7,11,14H,8-9H2,1-2H3,(H,15,18)/t11-/m0/s1. The Morgan fingerprint density at radius 3 is 2.56 bits per heavy atom. The lowest BCUT2D eigenvalue weighted by atomic mass is 10.2. The number of ether oxygens (including phenoxy) is 1. The van der Waals surface area contributed by atoms with Crippen LogP contribution in [0.4, 0.5) is 0 Å². The molecule has 18 heavy (non-hydrogen) atoms. The van der Waals surface area contributed by atoms with Gasteiger partial charge in [-0.05, 0) is 12.6 Å². The Kier molecular flexibility index (Phi) is 6.32. The minimum Gasteiger partial charge on any atom is -0.461 e. The highest BCUT2D eigenvalue weighted by molar-refractivity contribution is 7.80. The summed E-state index contributed by atoms with van der Waals surface area (Å²) in [5.41, 5.74) is 0.975. The monoisotopic (exact) mass is 266 g/mol. The normalized spacial score (nSPS) is 11.7. The summed E-state index contributed by atoms with van der Waals surface area (Å²) in [4.78, 5) is 12.3. The van der Waals surface area contributed by atoms with Gasteiger partial charge in [-0.1, -0.05) is 42.5 Å². The molecule has 0 radical (unpaired) electrons. The van der Waals surface area contributed by atoms with E-state index in [0.717, 1.165) is 5.56 Å². The third-order valence-electron chi connectivity index (χ3n) is 2.52. The summed E-state index contributed by atoms with van der Waals surface area (Å²) >= 11 is 5.09. The first-order valence-electron chi connectivity index (χ1n) is 5.75. The predicted octanol–water partition coefficient (Wildman–Crippen LogP) is 1.25. The summed E-state index contributed by atoms with van der Waals surface area (Å²) in [5.74, 6) is -0.268. The van der Waals surface area contributed by atoms with Gasteiger partial charge in [0, 0.05) is 7.05 Å². The lowest BCUT2D eigenvalue weighted by Crippen LogP contribution is -2.41. The van der Waals surface area contributed by atoms with Crippen LogP contribution in [0.5, 0.6) is 0 Å². The molecule has 1 aromatic rings. The van der Waals surface area contributed by atoms with Gasteiger partial charge in [-0.15, -0.1) is 0 Å². The molecule has 0 bridgehead atoms. The van der Waals surface area contributed by atoms with Crippen molar-refractivity contribution in [1.82, 2.24) is 10.6 Å². The van der Waals surface area contributed by atoms with Gasteiger partial charge in [0.25, 0.3) is 0 Å². The van der Waals surface area contributed by atoms with Crippen LogP contribution in [0.25, 0.3) is 0 Å². The topological polar surface area (TPSA) is 50.4 Å². The van der Waals surface area contributed by atoms with Crippen molar-refractivity contribution in [2.75, 3.05) is 14.1 Å². The van der Waals surface area contributed by atoms with Crippen LogP contribution in [0.15, 0.2) is 30.3 Å². The molecule has 0 spiro atoms. The summed E-state index contributed by atoms with van der Waals surface area (Å²) in [5, 5.41) is 5.83. The molecule has 0 saturated heterocycles. The average molecular weight is 266 g/mol. The van der Waals surface area contributed by atoms with Crippen LogP contribution in [0.2, 0.25) is 0 Å². The maximum atomic E-state index is 11.7. The quantitative estimate of drug-likeness (QED) is 0.599. The van der Waals surface area contributed by atoms with Crippen LogP contribution in [0.3, 0.4) is 0 Å². The second kappa shape index (κ2) is 7.79. The zero-order valence-corrected chi connectivity index (χ0v) is 11.4. The lowest BCUT2D eigenvalue weighted by molar-refractivity contribution is -0.145. The first kappa shape index (κ1) is 14.6. The SMILES string of the molecule is CNC(=S)[C@H](CC(=O)OCc1ccccc1)NC. The van der Waals surface area contributed by atoms with Gasteiger partial charge in [0.2, 0.25) is 0 Å². The fourth-order valence-corrected chi connectivity index (χ4v) is 1.66. The third kappa shape index (κ3) is 4.81. The van der Waals surface area contributed by atoms with Gasteiger partial charge >= 0.3 is 5.97 Å². The zero-order valence-electron chi connectivity index (χ0n) is 10.6. The Labute approximate surface area is 113 Å². The second-order valence-electron chi connectivity index (χ2n) is 3.81. The van der Waals surface area contributed by atoms with Gasteiger partial charge in [0.1, 0.15) is 6.61 Å². The highest BCUT2D eigenvalue weighted by Gasteiger charge is 2.16. The van der Waals surface area contributed by atoms with Crippen molar-refractivity contribution in [3.8, 4) is 0 Å². The Morgan fingerprint density at radius 2 is 2.00 bits per heavy atom. The molecule has 1 aromatic carbocycles. The van der Waals surface area contributed by atoms with Gasteiger partial charge in [-0.25, -0.2) is 0 Å². The summed E-state index contributed by atoms with van der Waals surface area (Å²) in [7, 11) is 3.50. The molecule has 5 heteroatoms. The number of hydrogen-bond donors (Lipinski definition) is 2. The lowest BCUT2D eigenvalue weighted by Gasteiger charge is -2.16. The van der Waals surface area contributed by atoms with Crippen LogP contribution in [0.1, 0.15) is 12.0 Å². The van der Waals surface area contributed by atoms with Gasteiger partial charge in [-0.2, -0.15) is 0 Å². The smallest absolute Gasteiger partial charge is 0.308 e. The van der Waals surface area contributed by atoms with Crippen molar-refractivity contribution in [3.63, 3.8) is 0 Å². The fraction of sp³-hybridized carbons (Fsp3) is 0.385. The van der Waals surface area contributed by atoms with Crippen LogP contribution >= 0.6 is 12.2 Å². The van der Waals surface area contributed by atoms with Crippen molar-refractivity contribution >= 4 is 23.2 Å². The third-order valence-corrected chi connectivity index (χ3v) is 3.01. The fourth-order valence-electron chi connectivity index (χ4n) is 1.46. The first-order chi connectivity index (χ1) is 8.67. The number of benzene rings is 1. The Balaban J connectivity index is 2.39. The van der Waals surface area contributed by atoms with E-state index in [9.17, 15) is 4.79 Å². The highest BCUT2D eigenvalue weighted by atomic mass is 32.1. The van der Waals surface area contributed by atoms with Gasteiger partial charge in [0.05, 0.1) is 17.5 Å². The van der Waals surface area contributed by atoms with Crippen LogP contribution < -0.4 is 10.6 Å². The molecular weight excluding hydrogens is 248 g/mol. The Bertz CT molecular complexity index is 395. The summed E-state index contributed by atoms with van der Waals surface area (Å²) in [6.45, 7) is 0.294. The van der Waals surface area contributed by atoms with Gasteiger partial charge in [-0.3, -0.25) is 4.79 Å². The largest absolute Gasteiger partial charge is 0.461 e. The minimum absolute atomic E-state index is 0.187. The number of rotatable bonds is 6. The second-order valence-corrected chi connectivity index (χ2v) is 4.25. The molecule has 0 unspecified atom stereocenters. The predicted molar refractivity (Wildman–Crippen MR) is 75.4 cm³/mol. The molecule has 0 aromatic heterocycles. The van der Waals surface area contributed by atoms with Gasteiger partial charge < -0.3 is 15.4 Å². The summed E-state index contributed by atoms with van der Waals surface area (Å²) < 4.78 is 5.19. The van der Waals surface area contributed by atoms with E-state index in [4.69, 9.17) is 17.0 Å². The van der Waals surface area contributed by atoms with E-state index in [2.05, 4.69) is 10.6 Å². The van der Waals surface area contributed by atoms with Crippen molar-refractivity contribution in [2.24, 2.45) is 0 Å². The minimum atomic E-state index is -0.268. The number of thiocarbonyl (C=S) groups is 1. The summed E-state index contributed by atoms with van der Waals surface area (Å²) in [6.07, 6.45) is 0.225. The molecule has 2 N–H and O–H groups in total. The number of nitrogens with one attached hydrogen (secondary N) is 2. The highest BCUT2D eigenvalue weighted by Crippen LogP contribution is 2.03. The van der Waals surface area contributed by atoms with Crippen molar-refractivity contribution in [1.29, 1.82) is 0 Å². The maximum absolute atomic E-state index is 11.7. The molecular formula is C13H18N2O2S. The Hall–Kier alpha value is -1.46. The van der Waals surface area contributed by atoms with Crippen molar-refractivity contribution < 1.29 is 9.53 Å². The molecule has 0 aliphatic rings. The van der Waals surface area contributed by atoms with E-state index in [1.807, 2.05) is 30.3 Å². The van der Waals surface area contributed by atoms with E-state index in [0.29, 0.717) is 11.6 Å². The molecule has 0 fully saturated rings. The molecule has 0 aliphatic heterocycles. The van der Waals surface area contributed by atoms with Crippen molar-refractivity contribution in [3.05, 3.63) is 35.9 Å². The van der Waals surface area contributed by atoms with E-state index in [-0.39, 0.29) is 18.4 Å². The van der Waals surface area contributed by atoms with Crippen LogP contribution in [0, 0.1) is 0 Å². The average Bonchev–Trinajstić information content (AvgIpc) is 2.42. The molecule has 0 heterocycles. The number of carbonyl (C=O) groups is 1. The molecule has 0 amide bonds. The number of hydrogen-bond acceptors (Lipinski definition) is 4. The van der Waals surface area contributed by atoms with E-state index in [1.54, 1.807) is 14.1 Å². The van der Waals surface area contributed by atoms with Gasteiger partial charge in [0.15, 0.2) is 0 Å². The molecule has 0 aliphatic carbocycles. The summed E-state index contributed by atoms with van der Waals surface area (Å²) in [6, 6.07) is 9.40. The molecule has 98 valence electrons. The van der Waals surface area contributed by atoms with Crippen LogP contribution in [-0.2, 0) is 16.1 Å². The van der Waals surface area contributed by atoms with Crippen molar-refractivity contribution in [2.45, 2.75) is 19.1 Å². The maximum Gasteiger partial charge on any atom is 0.308 e. The molecule has 1 atom stereocenters.